The van der Waals surface area contributed by atoms with Gasteiger partial charge in [0.15, 0.2) is 7.05 Å². The van der Waals surface area contributed by atoms with Crippen LogP contribution in [0.25, 0.3) is 0 Å². The van der Waals surface area contributed by atoms with Gasteiger partial charge in [-0.2, -0.15) is 0 Å². The van der Waals surface area contributed by atoms with Crippen LogP contribution in [0.3, 0.4) is 0 Å². The van der Waals surface area contributed by atoms with Crippen LogP contribution in [-0.2, 0) is 0 Å². The van der Waals surface area contributed by atoms with Gasteiger partial charge in [-0.05, 0) is 5.28 Å². The zero-order valence-corrected chi connectivity index (χ0v) is 5.71. The number of rotatable bonds is 0. The second-order valence-electron chi connectivity index (χ2n) is 0.546. The molecule has 5 heteroatoms. The van der Waals surface area contributed by atoms with Crippen molar-refractivity contribution in [2.24, 2.45) is 5.28 Å². The smallest absolute Gasteiger partial charge is 0.739 e. The van der Waals surface area contributed by atoms with Crippen molar-refractivity contribution < 1.29 is 34.4 Å². The largest absolute Gasteiger partial charge is 1.00 e. The zero-order valence-electron chi connectivity index (χ0n) is 3.71. The summed E-state index contributed by atoms with van der Waals surface area (Å²) >= 11 is 0. The Morgan fingerprint density at radius 2 is 1.83 bits per heavy atom. The Balaban J connectivity index is 0. The summed E-state index contributed by atoms with van der Waals surface area (Å²) in [4.78, 5) is -0.0556. The fraction of sp³-hybridized carbons (Fsp3) is 1.00. The molecule has 0 fully saturated rings. The van der Waals surface area contributed by atoms with Gasteiger partial charge in [0, 0.05) is 0 Å². The third kappa shape index (κ3) is 8.89. The summed E-state index contributed by atoms with van der Waals surface area (Å²) in [6, 6.07) is 0. The number of hydrogen-bond acceptors (Lipinski definition) is 3. The van der Waals surface area contributed by atoms with Crippen molar-refractivity contribution in [3.05, 3.63) is 10.4 Å². The maximum absolute atomic E-state index is 9.25. The Bertz CT molecular complexity index is 49.5. The van der Waals surface area contributed by atoms with Gasteiger partial charge < -0.3 is 10.4 Å². The summed E-state index contributed by atoms with van der Waals surface area (Å²) < 4.78 is 0. The van der Waals surface area contributed by atoms with Gasteiger partial charge in [0.1, 0.15) is 0 Å². The average molecular weight is 98.0 g/mol. The van der Waals surface area contributed by atoms with Crippen molar-refractivity contribution in [1.82, 2.24) is 0 Å². The van der Waals surface area contributed by atoms with Crippen LogP contribution in [-0.4, -0.2) is 11.9 Å². The van der Waals surface area contributed by atoms with Gasteiger partial charge in [-0.1, -0.05) is 0 Å². The normalized spacial score (nSPS) is 9.83. The van der Waals surface area contributed by atoms with Gasteiger partial charge >= 0.3 is 29.6 Å². The first kappa shape index (κ1) is 9.50. The van der Waals surface area contributed by atoms with E-state index in [1.165, 1.54) is 0 Å². The van der Waals surface area contributed by atoms with Gasteiger partial charge in [0.25, 0.3) is 0 Å². The average Bonchev–Trinajstić information content (AvgIpc) is 1.38. The summed E-state index contributed by atoms with van der Waals surface area (Å²) in [6.45, 7) is 0. The zero-order chi connectivity index (χ0) is 4.28. The van der Waals surface area contributed by atoms with Gasteiger partial charge in [-0.25, -0.2) is 0 Å². The van der Waals surface area contributed by atoms with Crippen LogP contribution in [0.1, 0.15) is 0 Å². The molecule has 0 N–H and O–H groups in total. The molecule has 0 rings (SSSR count). The maximum atomic E-state index is 9.25. The molecule has 6 heavy (non-hydrogen) atoms. The van der Waals surface area contributed by atoms with Crippen LogP contribution in [0.2, 0.25) is 0 Å². The van der Waals surface area contributed by atoms with E-state index in [-0.39, 0.29) is 34.4 Å². The maximum Gasteiger partial charge on any atom is 1.00 e. The van der Waals surface area contributed by atoms with E-state index in [4.69, 9.17) is 5.21 Å². The predicted molar refractivity (Wildman–Crippen MR) is 15.3 cm³/mol. The van der Waals surface area contributed by atoms with E-state index in [0.717, 1.165) is 7.05 Å². The summed E-state index contributed by atoms with van der Waals surface area (Å²) in [5, 5.41) is 20.0. The van der Waals surface area contributed by atoms with Crippen LogP contribution in [0.15, 0.2) is 5.28 Å². The third-order valence-electron chi connectivity index (χ3n) is 0.115. The molecule has 0 radical (unpaired) electrons. The second-order valence-corrected chi connectivity index (χ2v) is 0.546. The van der Waals surface area contributed by atoms with Crippen molar-refractivity contribution in [3.63, 3.8) is 0 Å². The minimum atomic E-state index is -0.0556. The Morgan fingerprint density at radius 3 is 1.83 bits per heavy atom. The molecule has 0 unspecified atom stereocenters. The molecule has 0 aromatic heterocycles. The SMILES string of the molecule is C/[N+]([O-])=N/[O-].[Na+]. The minimum absolute atomic E-state index is 0. The first-order chi connectivity index (χ1) is 2.27. The molecule has 0 aliphatic heterocycles. The topological polar surface area (TPSA) is 61.5 Å². The van der Waals surface area contributed by atoms with E-state index in [0.29, 0.717) is 0 Å². The van der Waals surface area contributed by atoms with E-state index in [9.17, 15) is 5.21 Å². The van der Waals surface area contributed by atoms with E-state index in [1.807, 2.05) is 5.28 Å². The van der Waals surface area contributed by atoms with Crippen LogP contribution < -0.4 is 29.6 Å². The molecule has 0 aromatic carbocycles. The molecule has 0 bridgehead atoms. The molecular weight excluding hydrogens is 95.0 g/mol. The van der Waals surface area contributed by atoms with Crippen LogP contribution in [0.5, 0.6) is 0 Å². The van der Waals surface area contributed by atoms with Crippen LogP contribution in [0, 0.1) is 10.4 Å². The molecule has 0 spiro atoms. The molecule has 0 aromatic rings. The molecule has 0 atom stereocenters. The van der Waals surface area contributed by atoms with E-state index < -0.39 is 0 Å². The first-order valence-electron chi connectivity index (χ1n) is 1.01. The van der Waals surface area contributed by atoms with Gasteiger partial charge in [0.2, 0.25) is 0 Å². The van der Waals surface area contributed by atoms with Gasteiger partial charge in [-0.15, -0.1) is 4.86 Å². The Kier molecular flexibility index (Phi) is 8.24. The van der Waals surface area contributed by atoms with E-state index >= 15 is 0 Å². The molecule has 4 nitrogen and oxygen atoms in total. The van der Waals surface area contributed by atoms with Crippen molar-refractivity contribution in [3.8, 4) is 0 Å². The van der Waals surface area contributed by atoms with Crippen molar-refractivity contribution >= 4 is 0 Å². The number of hydrogen-bond donors (Lipinski definition) is 0. The molecule has 0 aliphatic carbocycles. The Morgan fingerprint density at radius 1 is 1.67 bits per heavy atom. The quantitative estimate of drug-likeness (QED) is 0.141. The standard InChI is InChI=1S/CH4N2O2.Na/c1-3(5)2-4;/h4H,1H3;/q;+1/p-1/b3-2-;. The Hall–Kier alpha value is 0.200. The summed E-state index contributed by atoms with van der Waals surface area (Å²) in [5.74, 6) is 0. The molecule has 0 aliphatic rings. The second kappa shape index (κ2) is 5.20. The third-order valence-corrected chi connectivity index (χ3v) is 0.115. The first-order valence-corrected chi connectivity index (χ1v) is 1.01. The number of hydroxylamine groups is 1. The molecule has 0 amide bonds. The van der Waals surface area contributed by atoms with Gasteiger partial charge in [-0.3, -0.25) is 0 Å². The minimum Gasteiger partial charge on any atom is -0.739 e. The van der Waals surface area contributed by atoms with E-state index in [1.54, 1.807) is 0 Å². The molecule has 0 saturated carbocycles. The summed E-state index contributed by atoms with van der Waals surface area (Å²) in [7, 11) is 1.02. The fourth-order valence-electron chi connectivity index (χ4n) is 0. The monoisotopic (exact) mass is 98.0 g/mol. The van der Waals surface area contributed by atoms with Crippen LogP contribution >= 0.6 is 0 Å². The molecule has 30 valence electrons. The van der Waals surface area contributed by atoms with Crippen molar-refractivity contribution in [1.29, 1.82) is 0 Å². The fourth-order valence-corrected chi connectivity index (χ4v) is 0. The number of nitrogens with zero attached hydrogens (tertiary/aromatic N) is 2. The van der Waals surface area contributed by atoms with Crippen molar-refractivity contribution in [2.75, 3.05) is 7.05 Å². The van der Waals surface area contributed by atoms with Crippen molar-refractivity contribution in [2.45, 2.75) is 0 Å². The summed E-state index contributed by atoms with van der Waals surface area (Å²) in [5.41, 5.74) is 0. The summed E-state index contributed by atoms with van der Waals surface area (Å²) in [6.07, 6.45) is 0. The Labute approximate surface area is 57.3 Å². The molecule has 0 saturated heterocycles. The van der Waals surface area contributed by atoms with E-state index in [2.05, 4.69) is 0 Å². The molecular formula is CH3N2NaO2. The predicted octanol–water partition coefficient (Wildman–Crippen LogP) is -2.92. The molecule has 0 heterocycles. The van der Waals surface area contributed by atoms with Gasteiger partial charge in [0.05, 0.1) is 0 Å². The van der Waals surface area contributed by atoms with Crippen LogP contribution in [0.4, 0.5) is 0 Å².